The van der Waals surface area contributed by atoms with Crippen LogP contribution in [0.15, 0.2) is 45.0 Å². The SMILES string of the molecule is CCOc1cc(/C=C2\C(=O)NC(=O)N(Cc3ccco3)C2=O)cc(Br)c1OCC. The van der Waals surface area contributed by atoms with Crippen LogP contribution in [0.4, 0.5) is 4.79 Å². The number of furan rings is 1. The lowest BCUT2D eigenvalue weighted by molar-refractivity contribution is -0.130. The Balaban J connectivity index is 1.96. The van der Waals surface area contributed by atoms with Gasteiger partial charge in [0.05, 0.1) is 30.5 Å². The van der Waals surface area contributed by atoms with Crippen molar-refractivity contribution in [2.24, 2.45) is 0 Å². The van der Waals surface area contributed by atoms with Gasteiger partial charge in [-0.05, 0) is 65.7 Å². The topological polar surface area (TPSA) is 98.1 Å². The zero-order valence-corrected chi connectivity index (χ0v) is 17.4. The number of nitrogens with one attached hydrogen (secondary N) is 1. The van der Waals surface area contributed by atoms with Crippen LogP contribution in [0.25, 0.3) is 6.08 Å². The molecule has 0 bridgehead atoms. The molecule has 152 valence electrons. The third-order valence-electron chi connectivity index (χ3n) is 4.01. The number of hydrogen-bond donors (Lipinski definition) is 1. The largest absolute Gasteiger partial charge is 0.490 e. The monoisotopic (exact) mass is 462 g/mol. The summed E-state index contributed by atoms with van der Waals surface area (Å²) >= 11 is 3.43. The molecule has 4 amide bonds. The highest BCUT2D eigenvalue weighted by Crippen LogP contribution is 2.37. The van der Waals surface area contributed by atoms with Crippen LogP contribution in [0.2, 0.25) is 0 Å². The Bertz CT molecular complexity index is 968. The highest BCUT2D eigenvalue weighted by Gasteiger charge is 2.36. The van der Waals surface area contributed by atoms with Gasteiger partial charge in [-0.1, -0.05) is 0 Å². The number of carbonyl (C=O) groups is 3. The minimum Gasteiger partial charge on any atom is -0.490 e. The molecule has 0 spiro atoms. The minimum atomic E-state index is -0.795. The summed E-state index contributed by atoms with van der Waals surface area (Å²) < 4.78 is 17.0. The second kappa shape index (κ2) is 8.95. The summed E-state index contributed by atoms with van der Waals surface area (Å²) in [5.41, 5.74) is 0.365. The van der Waals surface area contributed by atoms with Gasteiger partial charge in [0.2, 0.25) is 0 Å². The van der Waals surface area contributed by atoms with Crippen LogP contribution in [0.5, 0.6) is 11.5 Å². The Kier molecular flexibility index (Phi) is 6.38. The van der Waals surface area contributed by atoms with E-state index in [0.29, 0.717) is 40.5 Å². The van der Waals surface area contributed by atoms with E-state index in [1.54, 1.807) is 24.3 Å². The molecule has 0 saturated carbocycles. The number of benzene rings is 1. The summed E-state index contributed by atoms with van der Waals surface area (Å²) in [6.45, 7) is 4.47. The van der Waals surface area contributed by atoms with E-state index in [2.05, 4.69) is 21.2 Å². The number of imide groups is 2. The highest BCUT2D eigenvalue weighted by molar-refractivity contribution is 9.10. The van der Waals surface area contributed by atoms with Gasteiger partial charge in [0.1, 0.15) is 11.3 Å². The first-order valence-electron chi connectivity index (χ1n) is 8.95. The number of ether oxygens (including phenoxy) is 2. The lowest BCUT2D eigenvalue weighted by atomic mass is 10.1. The van der Waals surface area contributed by atoms with Gasteiger partial charge >= 0.3 is 6.03 Å². The average Bonchev–Trinajstić information content (AvgIpc) is 3.18. The Morgan fingerprint density at radius 1 is 1.17 bits per heavy atom. The normalized spacial score (nSPS) is 15.6. The van der Waals surface area contributed by atoms with Crippen LogP contribution in [-0.2, 0) is 16.1 Å². The highest BCUT2D eigenvalue weighted by atomic mass is 79.9. The van der Waals surface area contributed by atoms with Gasteiger partial charge in [-0.25, -0.2) is 4.79 Å². The lowest BCUT2D eigenvalue weighted by Crippen LogP contribution is -2.53. The van der Waals surface area contributed by atoms with E-state index >= 15 is 0 Å². The van der Waals surface area contributed by atoms with E-state index in [0.717, 1.165) is 4.90 Å². The molecule has 2 heterocycles. The number of nitrogens with zero attached hydrogens (tertiary/aromatic N) is 1. The fourth-order valence-corrected chi connectivity index (χ4v) is 3.36. The number of halogens is 1. The van der Waals surface area contributed by atoms with E-state index in [1.165, 1.54) is 12.3 Å². The molecule has 1 N–H and O–H groups in total. The van der Waals surface area contributed by atoms with Gasteiger partial charge < -0.3 is 13.9 Å². The van der Waals surface area contributed by atoms with Crippen LogP contribution < -0.4 is 14.8 Å². The molecule has 29 heavy (non-hydrogen) atoms. The standard InChI is InChI=1S/C20H19BrN2O6/c1-3-27-16-10-12(9-15(21)17(16)28-4-2)8-14-18(24)22-20(26)23(19(14)25)11-13-6-5-7-29-13/h5-10H,3-4,11H2,1-2H3,(H,22,24,26)/b14-8+. The first kappa shape index (κ1) is 20.7. The number of carbonyl (C=O) groups excluding carboxylic acids is 3. The second-order valence-electron chi connectivity index (χ2n) is 5.98. The van der Waals surface area contributed by atoms with Crippen molar-refractivity contribution in [2.75, 3.05) is 13.2 Å². The lowest BCUT2D eigenvalue weighted by Gasteiger charge is -2.25. The second-order valence-corrected chi connectivity index (χ2v) is 6.84. The van der Waals surface area contributed by atoms with Gasteiger partial charge in [0, 0.05) is 0 Å². The molecule has 0 unspecified atom stereocenters. The van der Waals surface area contributed by atoms with Crippen molar-refractivity contribution in [1.29, 1.82) is 0 Å². The van der Waals surface area contributed by atoms with Crippen LogP contribution in [0.1, 0.15) is 25.2 Å². The molecular weight excluding hydrogens is 444 g/mol. The number of barbiturate groups is 1. The number of hydrogen-bond acceptors (Lipinski definition) is 6. The minimum absolute atomic E-state index is 0.0839. The maximum absolute atomic E-state index is 12.8. The molecule has 9 heteroatoms. The summed E-state index contributed by atoms with van der Waals surface area (Å²) in [5, 5.41) is 2.18. The van der Waals surface area contributed by atoms with Crippen molar-refractivity contribution in [3.8, 4) is 11.5 Å². The molecule has 1 aromatic heterocycles. The average molecular weight is 463 g/mol. The van der Waals surface area contributed by atoms with Gasteiger partial charge in [-0.3, -0.25) is 19.8 Å². The van der Waals surface area contributed by atoms with E-state index in [4.69, 9.17) is 13.9 Å². The van der Waals surface area contributed by atoms with Crippen molar-refractivity contribution in [1.82, 2.24) is 10.2 Å². The van der Waals surface area contributed by atoms with Crippen LogP contribution in [0.3, 0.4) is 0 Å². The van der Waals surface area contributed by atoms with Gasteiger partial charge in [0.25, 0.3) is 11.8 Å². The van der Waals surface area contributed by atoms with Crippen LogP contribution in [0, 0.1) is 0 Å². The molecule has 1 fully saturated rings. The predicted molar refractivity (Wildman–Crippen MR) is 107 cm³/mol. The molecular formula is C20H19BrN2O6. The predicted octanol–water partition coefficient (Wildman–Crippen LogP) is 3.50. The zero-order valence-electron chi connectivity index (χ0n) is 15.9. The van der Waals surface area contributed by atoms with Crippen molar-refractivity contribution in [2.45, 2.75) is 20.4 Å². The van der Waals surface area contributed by atoms with Crippen molar-refractivity contribution < 1.29 is 28.3 Å². The summed E-state index contributed by atoms with van der Waals surface area (Å²) in [7, 11) is 0. The van der Waals surface area contributed by atoms with Crippen LogP contribution >= 0.6 is 15.9 Å². The number of amides is 4. The Labute approximate surface area is 175 Å². The van der Waals surface area contributed by atoms with Gasteiger partial charge in [0.15, 0.2) is 11.5 Å². The number of rotatable bonds is 7. The Hall–Kier alpha value is -3.07. The molecule has 1 saturated heterocycles. The van der Waals surface area contributed by atoms with Crippen LogP contribution in [-0.4, -0.2) is 36.0 Å². The third-order valence-corrected chi connectivity index (χ3v) is 4.60. The van der Waals surface area contributed by atoms with Crippen molar-refractivity contribution in [3.63, 3.8) is 0 Å². The van der Waals surface area contributed by atoms with Crippen molar-refractivity contribution >= 4 is 39.9 Å². The van der Waals surface area contributed by atoms with Gasteiger partial charge in [-0.2, -0.15) is 0 Å². The molecule has 3 rings (SSSR count). The summed E-state index contributed by atoms with van der Waals surface area (Å²) in [6.07, 6.45) is 2.85. The van der Waals surface area contributed by atoms with Crippen molar-refractivity contribution in [3.05, 3.63) is 51.9 Å². The first-order valence-corrected chi connectivity index (χ1v) is 9.74. The summed E-state index contributed by atoms with van der Waals surface area (Å²) in [5.74, 6) is -0.0465. The maximum Gasteiger partial charge on any atom is 0.331 e. The van der Waals surface area contributed by atoms with E-state index < -0.39 is 17.8 Å². The van der Waals surface area contributed by atoms with E-state index in [-0.39, 0.29) is 12.1 Å². The van der Waals surface area contributed by atoms with Gasteiger partial charge in [-0.15, -0.1) is 0 Å². The molecule has 0 radical (unpaired) electrons. The molecule has 0 atom stereocenters. The molecule has 1 aliphatic rings. The number of urea groups is 1. The molecule has 2 aromatic rings. The quantitative estimate of drug-likeness (QED) is 0.499. The molecule has 0 aliphatic carbocycles. The fraction of sp³-hybridized carbons (Fsp3) is 0.250. The zero-order chi connectivity index (χ0) is 21.0. The smallest absolute Gasteiger partial charge is 0.331 e. The van der Waals surface area contributed by atoms with E-state index in [1.807, 2.05) is 13.8 Å². The summed E-state index contributed by atoms with van der Waals surface area (Å²) in [4.78, 5) is 38.1. The fourth-order valence-electron chi connectivity index (χ4n) is 2.78. The molecule has 8 nitrogen and oxygen atoms in total. The maximum atomic E-state index is 12.8. The Morgan fingerprint density at radius 3 is 2.59 bits per heavy atom. The molecule has 1 aliphatic heterocycles. The molecule has 1 aromatic carbocycles. The Morgan fingerprint density at radius 2 is 1.93 bits per heavy atom. The first-order chi connectivity index (χ1) is 13.9. The van der Waals surface area contributed by atoms with E-state index in [9.17, 15) is 14.4 Å². The summed E-state index contributed by atoms with van der Waals surface area (Å²) in [6, 6.07) is 5.86. The third kappa shape index (κ3) is 4.51.